The van der Waals surface area contributed by atoms with E-state index in [0.29, 0.717) is 0 Å². The van der Waals surface area contributed by atoms with Gasteiger partial charge in [-0.15, -0.1) is 11.3 Å². The van der Waals surface area contributed by atoms with Gasteiger partial charge in [0.15, 0.2) is 0 Å². The second kappa shape index (κ2) is 3.64. The first kappa shape index (κ1) is 8.97. The van der Waals surface area contributed by atoms with E-state index >= 15 is 0 Å². The number of aromatic nitrogens is 2. The maximum Gasteiger partial charge on any atom is 0.138 e. The van der Waals surface area contributed by atoms with E-state index in [1.54, 1.807) is 23.7 Å². The van der Waals surface area contributed by atoms with Crippen LogP contribution < -0.4 is 0 Å². The van der Waals surface area contributed by atoms with Gasteiger partial charge in [-0.25, -0.2) is 4.98 Å². The second-order valence-electron chi connectivity index (χ2n) is 3.00. The molecule has 1 unspecified atom stereocenters. The molecule has 0 saturated heterocycles. The van der Waals surface area contributed by atoms with Gasteiger partial charge in [-0.05, 0) is 23.9 Å². The standard InChI is InChI=1S/C10H9N3S/c1-7-2-5-14-9(7)8(6-11)10-12-3-4-13-10/h2-5,8H,1H3,(H,12,13). The van der Waals surface area contributed by atoms with Crippen LogP contribution in [0, 0.1) is 18.3 Å². The Bertz CT molecular complexity index is 450. The molecule has 0 radical (unpaired) electrons. The number of H-pyrrole nitrogens is 1. The van der Waals surface area contributed by atoms with Crippen molar-refractivity contribution >= 4 is 11.3 Å². The minimum atomic E-state index is -0.259. The summed E-state index contributed by atoms with van der Waals surface area (Å²) < 4.78 is 0. The van der Waals surface area contributed by atoms with Crippen LogP contribution in [-0.4, -0.2) is 9.97 Å². The molecule has 4 heteroatoms. The number of imidazole rings is 1. The Kier molecular flexibility index (Phi) is 2.33. The highest BCUT2D eigenvalue weighted by Crippen LogP contribution is 2.28. The van der Waals surface area contributed by atoms with Crippen LogP contribution in [0.25, 0.3) is 0 Å². The van der Waals surface area contributed by atoms with E-state index in [2.05, 4.69) is 16.0 Å². The molecule has 70 valence electrons. The predicted molar refractivity (Wildman–Crippen MR) is 55.1 cm³/mol. The Hall–Kier alpha value is -1.60. The molecule has 14 heavy (non-hydrogen) atoms. The quantitative estimate of drug-likeness (QED) is 0.815. The van der Waals surface area contributed by atoms with Gasteiger partial charge in [-0.1, -0.05) is 0 Å². The van der Waals surface area contributed by atoms with Crippen LogP contribution in [0.1, 0.15) is 22.2 Å². The Labute approximate surface area is 86.0 Å². The molecule has 0 bridgehead atoms. The molecule has 0 amide bonds. The third-order valence-electron chi connectivity index (χ3n) is 2.09. The van der Waals surface area contributed by atoms with Gasteiger partial charge in [0.25, 0.3) is 0 Å². The van der Waals surface area contributed by atoms with Crippen molar-refractivity contribution in [1.29, 1.82) is 5.26 Å². The van der Waals surface area contributed by atoms with Crippen LogP contribution in [0.15, 0.2) is 23.8 Å². The van der Waals surface area contributed by atoms with Gasteiger partial charge < -0.3 is 4.98 Å². The van der Waals surface area contributed by atoms with E-state index in [0.717, 1.165) is 16.3 Å². The molecule has 1 N–H and O–H groups in total. The van der Waals surface area contributed by atoms with Crippen LogP contribution in [0.3, 0.4) is 0 Å². The van der Waals surface area contributed by atoms with E-state index in [1.807, 2.05) is 18.4 Å². The Morgan fingerprint density at radius 2 is 2.50 bits per heavy atom. The molecule has 0 aliphatic heterocycles. The highest BCUT2D eigenvalue weighted by atomic mass is 32.1. The molecule has 0 aliphatic rings. The number of aromatic amines is 1. The normalized spacial score (nSPS) is 12.3. The third-order valence-corrected chi connectivity index (χ3v) is 3.17. The van der Waals surface area contributed by atoms with E-state index in [1.165, 1.54) is 0 Å². The van der Waals surface area contributed by atoms with Crippen LogP contribution >= 0.6 is 11.3 Å². The first-order valence-electron chi connectivity index (χ1n) is 4.26. The van der Waals surface area contributed by atoms with Gasteiger partial charge in [0.1, 0.15) is 11.7 Å². The lowest BCUT2D eigenvalue weighted by molar-refractivity contribution is 0.938. The summed E-state index contributed by atoms with van der Waals surface area (Å²) in [4.78, 5) is 8.16. The molecule has 1 atom stereocenters. The number of aryl methyl sites for hydroxylation is 1. The van der Waals surface area contributed by atoms with Crippen LogP contribution in [0.5, 0.6) is 0 Å². The lowest BCUT2D eigenvalue weighted by atomic mass is 10.1. The van der Waals surface area contributed by atoms with E-state index < -0.39 is 0 Å². The summed E-state index contributed by atoms with van der Waals surface area (Å²) >= 11 is 1.60. The average molecular weight is 203 g/mol. The summed E-state index contributed by atoms with van der Waals surface area (Å²) in [7, 11) is 0. The number of nitriles is 1. The number of thiophene rings is 1. The largest absolute Gasteiger partial charge is 0.347 e. The highest BCUT2D eigenvalue weighted by Gasteiger charge is 2.18. The summed E-state index contributed by atoms with van der Waals surface area (Å²) in [6, 6.07) is 4.29. The number of hydrogen-bond acceptors (Lipinski definition) is 3. The predicted octanol–water partition coefficient (Wildman–Crippen LogP) is 2.44. The van der Waals surface area contributed by atoms with Gasteiger partial charge in [-0.2, -0.15) is 5.26 Å². The molecule has 2 aromatic heterocycles. The smallest absolute Gasteiger partial charge is 0.138 e. The van der Waals surface area contributed by atoms with E-state index in [9.17, 15) is 0 Å². The van der Waals surface area contributed by atoms with Crippen molar-refractivity contribution in [3.8, 4) is 6.07 Å². The van der Waals surface area contributed by atoms with Crippen molar-refractivity contribution in [1.82, 2.24) is 9.97 Å². The molecule has 2 rings (SSSR count). The monoisotopic (exact) mass is 203 g/mol. The molecule has 0 aliphatic carbocycles. The first-order valence-corrected chi connectivity index (χ1v) is 5.13. The molecule has 0 saturated carbocycles. The number of nitrogens with zero attached hydrogens (tertiary/aromatic N) is 2. The van der Waals surface area contributed by atoms with Crippen molar-refractivity contribution in [2.75, 3.05) is 0 Å². The Morgan fingerprint density at radius 1 is 1.64 bits per heavy atom. The van der Waals surface area contributed by atoms with Gasteiger partial charge in [0.05, 0.1) is 6.07 Å². The molecule has 0 aromatic carbocycles. The maximum absolute atomic E-state index is 9.09. The van der Waals surface area contributed by atoms with Gasteiger partial charge in [0, 0.05) is 17.3 Å². The summed E-state index contributed by atoms with van der Waals surface area (Å²) in [5, 5.41) is 11.1. The fourth-order valence-corrected chi connectivity index (χ4v) is 2.33. The molecular formula is C10H9N3S. The minimum absolute atomic E-state index is 0.259. The highest BCUT2D eigenvalue weighted by molar-refractivity contribution is 7.10. The van der Waals surface area contributed by atoms with Crippen molar-refractivity contribution < 1.29 is 0 Å². The zero-order valence-electron chi connectivity index (χ0n) is 7.69. The SMILES string of the molecule is Cc1ccsc1C(C#N)c1ncc[nH]1. The van der Waals surface area contributed by atoms with Crippen molar-refractivity contribution in [3.63, 3.8) is 0 Å². The number of nitrogens with one attached hydrogen (secondary N) is 1. The number of hydrogen-bond donors (Lipinski definition) is 1. The van der Waals surface area contributed by atoms with Gasteiger partial charge in [-0.3, -0.25) is 0 Å². The van der Waals surface area contributed by atoms with E-state index in [-0.39, 0.29) is 5.92 Å². The number of rotatable bonds is 2. The van der Waals surface area contributed by atoms with E-state index in [4.69, 9.17) is 5.26 Å². The lowest BCUT2D eigenvalue weighted by Crippen LogP contribution is -1.99. The molecular weight excluding hydrogens is 194 g/mol. The summed E-state index contributed by atoms with van der Waals surface area (Å²) in [6.07, 6.45) is 3.41. The fourth-order valence-electron chi connectivity index (χ4n) is 1.36. The molecule has 0 spiro atoms. The fraction of sp³-hybridized carbons (Fsp3) is 0.200. The van der Waals surface area contributed by atoms with Crippen LogP contribution in [-0.2, 0) is 0 Å². The summed E-state index contributed by atoms with van der Waals surface area (Å²) in [6.45, 7) is 2.01. The zero-order valence-corrected chi connectivity index (χ0v) is 8.51. The maximum atomic E-state index is 9.09. The Morgan fingerprint density at radius 3 is 3.00 bits per heavy atom. The first-order chi connectivity index (χ1) is 6.83. The van der Waals surface area contributed by atoms with Crippen molar-refractivity contribution in [2.45, 2.75) is 12.8 Å². The average Bonchev–Trinajstić information content (AvgIpc) is 2.80. The third kappa shape index (κ3) is 1.42. The molecule has 2 aromatic rings. The second-order valence-corrected chi connectivity index (χ2v) is 3.95. The molecule has 0 fully saturated rings. The van der Waals surface area contributed by atoms with Crippen molar-refractivity contribution in [3.05, 3.63) is 40.1 Å². The summed E-state index contributed by atoms with van der Waals surface area (Å²) in [5.41, 5.74) is 1.15. The van der Waals surface area contributed by atoms with Crippen molar-refractivity contribution in [2.24, 2.45) is 0 Å². The van der Waals surface area contributed by atoms with Gasteiger partial charge in [0.2, 0.25) is 0 Å². The molecule has 3 nitrogen and oxygen atoms in total. The van der Waals surface area contributed by atoms with Gasteiger partial charge >= 0.3 is 0 Å². The zero-order chi connectivity index (χ0) is 9.97. The topological polar surface area (TPSA) is 52.5 Å². The lowest BCUT2D eigenvalue weighted by Gasteiger charge is -2.04. The Balaban J connectivity index is 2.42. The van der Waals surface area contributed by atoms with Crippen LogP contribution in [0.4, 0.5) is 0 Å². The van der Waals surface area contributed by atoms with Crippen LogP contribution in [0.2, 0.25) is 0 Å². The minimum Gasteiger partial charge on any atom is -0.347 e. The molecule has 2 heterocycles. The summed E-state index contributed by atoms with van der Waals surface area (Å²) in [5.74, 6) is 0.461.